The monoisotopic (exact) mass is 407 g/mol. The maximum absolute atomic E-state index is 5.85. The summed E-state index contributed by atoms with van der Waals surface area (Å²) in [6.45, 7) is 5.13. The third-order valence-electron chi connectivity index (χ3n) is 5.08. The van der Waals surface area contributed by atoms with Gasteiger partial charge in [0.15, 0.2) is 0 Å². The van der Waals surface area contributed by atoms with Crippen LogP contribution in [-0.2, 0) is 4.74 Å². The molecule has 1 aliphatic heterocycles. The van der Waals surface area contributed by atoms with Crippen molar-refractivity contribution in [3.8, 4) is 11.5 Å². The van der Waals surface area contributed by atoms with Gasteiger partial charge >= 0.3 is 0 Å². The highest BCUT2D eigenvalue weighted by Crippen LogP contribution is 2.20. The highest BCUT2D eigenvalue weighted by atomic mass is 16.5. The first-order chi connectivity index (χ1) is 14.8. The quantitative estimate of drug-likeness (QED) is 0.229. The number of hydrogen-bond donors (Lipinski definition) is 0. The van der Waals surface area contributed by atoms with Crippen molar-refractivity contribution in [3.05, 3.63) is 65.7 Å². The smallest absolute Gasteiger partial charge is 0.119 e. The molecule has 0 saturated carbocycles. The van der Waals surface area contributed by atoms with E-state index in [0.717, 1.165) is 48.8 Å². The van der Waals surface area contributed by atoms with Crippen molar-refractivity contribution in [2.75, 3.05) is 26.4 Å². The lowest BCUT2D eigenvalue weighted by atomic mass is 10.2. The van der Waals surface area contributed by atoms with Crippen molar-refractivity contribution in [2.45, 2.75) is 45.4 Å². The second-order valence-corrected chi connectivity index (χ2v) is 7.56. The van der Waals surface area contributed by atoms with Crippen LogP contribution in [0.1, 0.15) is 51.0 Å². The van der Waals surface area contributed by atoms with Gasteiger partial charge < -0.3 is 14.2 Å². The number of benzene rings is 2. The summed E-state index contributed by atoms with van der Waals surface area (Å²) >= 11 is 0. The summed E-state index contributed by atoms with van der Waals surface area (Å²) in [6.07, 6.45) is 11.2. The lowest BCUT2D eigenvalue weighted by molar-refractivity contribution is 0.150. The molecule has 0 N–H and O–H groups in total. The fraction of sp³-hybridized carbons (Fsp3) is 0.423. The summed E-state index contributed by atoms with van der Waals surface area (Å²) in [7, 11) is 0. The highest BCUT2D eigenvalue weighted by molar-refractivity contribution is 5.82. The molecule has 0 atom stereocenters. The standard InChI is InChI=1S/C26H33NO3/c1-2-3-4-5-6-17-29-25-11-7-22(8-12-25)20-27-24-9-13-26(14-10-24)30-21-23-15-18-28-19-16-23/h7-15,20H,2-6,16-19,21H2,1H3. The van der Waals surface area contributed by atoms with Crippen molar-refractivity contribution >= 4 is 11.9 Å². The second kappa shape index (κ2) is 12.9. The van der Waals surface area contributed by atoms with Crippen molar-refractivity contribution in [3.63, 3.8) is 0 Å². The molecule has 4 heteroatoms. The SMILES string of the molecule is CCCCCCCOc1ccc(C=Nc2ccc(OCC3=CCOCC3)cc2)cc1. The minimum absolute atomic E-state index is 0.624. The molecule has 1 aliphatic rings. The maximum Gasteiger partial charge on any atom is 0.119 e. The van der Waals surface area contributed by atoms with E-state index in [0.29, 0.717) is 13.2 Å². The van der Waals surface area contributed by atoms with Crippen molar-refractivity contribution in [2.24, 2.45) is 4.99 Å². The van der Waals surface area contributed by atoms with Gasteiger partial charge in [-0.1, -0.05) is 38.7 Å². The second-order valence-electron chi connectivity index (χ2n) is 7.56. The van der Waals surface area contributed by atoms with Gasteiger partial charge in [-0.25, -0.2) is 0 Å². The fourth-order valence-corrected chi connectivity index (χ4v) is 3.20. The van der Waals surface area contributed by atoms with Gasteiger partial charge in [0.1, 0.15) is 18.1 Å². The van der Waals surface area contributed by atoms with Crippen LogP contribution in [0.3, 0.4) is 0 Å². The number of nitrogens with zero attached hydrogens (tertiary/aromatic N) is 1. The normalized spacial score (nSPS) is 14.0. The molecule has 0 spiro atoms. The molecule has 0 fully saturated rings. The van der Waals surface area contributed by atoms with Gasteiger partial charge in [0.25, 0.3) is 0 Å². The van der Waals surface area contributed by atoms with Crippen molar-refractivity contribution < 1.29 is 14.2 Å². The third kappa shape index (κ3) is 8.03. The summed E-state index contributed by atoms with van der Waals surface area (Å²) in [5.41, 5.74) is 3.25. The molecule has 160 valence electrons. The zero-order chi connectivity index (χ0) is 20.9. The summed E-state index contributed by atoms with van der Waals surface area (Å²) in [5, 5.41) is 0. The Morgan fingerprint density at radius 2 is 1.63 bits per heavy atom. The molecule has 2 aromatic carbocycles. The fourth-order valence-electron chi connectivity index (χ4n) is 3.20. The van der Waals surface area contributed by atoms with Gasteiger partial charge in [0, 0.05) is 6.21 Å². The number of ether oxygens (including phenoxy) is 3. The number of unbranched alkanes of at least 4 members (excludes halogenated alkanes) is 4. The molecule has 3 rings (SSSR count). The zero-order valence-electron chi connectivity index (χ0n) is 18.0. The predicted molar refractivity (Wildman–Crippen MR) is 123 cm³/mol. The molecule has 0 aromatic heterocycles. The Hall–Kier alpha value is -2.59. The first-order valence-electron chi connectivity index (χ1n) is 11.1. The van der Waals surface area contributed by atoms with Crippen LogP contribution in [0, 0.1) is 0 Å². The van der Waals surface area contributed by atoms with E-state index < -0.39 is 0 Å². The molecule has 0 radical (unpaired) electrons. The van der Waals surface area contributed by atoms with Gasteiger partial charge in [-0.3, -0.25) is 4.99 Å². The van der Waals surface area contributed by atoms with Gasteiger partial charge in [0.05, 0.1) is 25.5 Å². The predicted octanol–water partition coefficient (Wildman–Crippen LogP) is 6.51. The number of aliphatic imine (C=N–C) groups is 1. The molecule has 4 nitrogen and oxygen atoms in total. The average molecular weight is 408 g/mol. The van der Waals surface area contributed by atoms with Gasteiger partial charge in [-0.2, -0.15) is 0 Å². The van der Waals surface area contributed by atoms with Gasteiger partial charge in [-0.05, 0) is 72.5 Å². The Balaban J connectivity index is 1.41. The van der Waals surface area contributed by atoms with E-state index in [1.54, 1.807) is 0 Å². The Labute approximate surface area is 180 Å². The Morgan fingerprint density at radius 1 is 0.900 bits per heavy atom. The van der Waals surface area contributed by atoms with E-state index in [-0.39, 0.29) is 0 Å². The van der Waals surface area contributed by atoms with Crippen LogP contribution in [-0.4, -0.2) is 32.6 Å². The summed E-state index contributed by atoms with van der Waals surface area (Å²) in [4.78, 5) is 4.55. The lowest BCUT2D eigenvalue weighted by Gasteiger charge is -2.14. The molecule has 0 unspecified atom stereocenters. The lowest BCUT2D eigenvalue weighted by Crippen LogP contribution is -2.10. The van der Waals surface area contributed by atoms with E-state index in [9.17, 15) is 0 Å². The summed E-state index contributed by atoms with van der Waals surface area (Å²) < 4.78 is 17.0. The first-order valence-corrected chi connectivity index (χ1v) is 11.1. The van der Waals surface area contributed by atoms with Crippen molar-refractivity contribution in [1.29, 1.82) is 0 Å². The zero-order valence-corrected chi connectivity index (χ0v) is 18.0. The molecule has 0 saturated heterocycles. The van der Waals surface area contributed by atoms with E-state index in [1.165, 1.54) is 31.3 Å². The molecule has 0 aliphatic carbocycles. The molecule has 0 amide bonds. The molecule has 30 heavy (non-hydrogen) atoms. The van der Waals surface area contributed by atoms with E-state index in [1.807, 2.05) is 54.7 Å². The third-order valence-corrected chi connectivity index (χ3v) is 5.08. The van der Waals surface area contributed by atoms with E-state index in [4.69, 9.17) is 14.2 Å². The average Bonchev–Trinajstić information content (AvgIpc) is 2.81. The highest BCUT2D eigenvalue weighted by Gasteiger charge is 2.04. The molecular formula is C26H33NO3. The number of hydrogen-bond acceptors (Lipinski definition) is 4. The Bertz CT molecular complexity index is 794. The minimum Gasteiger partial charge on any atom is -0.494 e. The van der Waals surface area contributed by atoms with Gasteiger partial charge in [-0.15, -0.1) is 0 Å². The van der Waals surface area contributed by atoms with Crippen molar-refractivity contribution in [1.82, 2.24) is 0 Å². The summed E-state index contributed by atoms with van der Waals surface area (Å²) in [5.74, 6) is 1.78. The first kappa shape index (κ1) is 22.1. The van der Waals surface area contributed by atoms with E-state index in [2.05, 4.69) is 18.0 Å². The molecular weight excluding hydrogens is 374 g/mol. The number of rotatable bonds is 12. The molecule has 0 bridgehead atoms. The largest absolute Gasteiger partial charge is 0.494 e. The van der Waals surface area contributed by atoms with Crippen LogP contribution in [0.4, 0.5) is 5.69 Å². The maximum atomic E-state index is 5.85. The van der Waals surface area contributed by atoms with Crippen LogP contribution in [0.25, 0.3) is 0 Å². The molecule has 1 heterocycles. The minimum atomic E-state index is 0.624. The Kier molecular flexibility index (Phi) is 9.48. The van der Waals surface area contributed by atoms with Crippen LogP contribution in [0.15, 0.2) is 65.2 Å². The van der Waals surface area contributed by atoms with Crippen LogP contribution < -0.4 is 9.47 Å². The molecule has 2 aromatic rings. The van der Waals surface area contributed by atoms with Crippen LogP contribution in [0.5, 0.6) is 11.5 Å². The van der Waals surface area contributed by atoms with Gasteiger partial charge in [0.2, 0.25) is 0 Å². The Morgan fingerprint density at radius 3 is 2.37 bits per heavy atom. The van der Waals surface area contributed by atoms with Crippen LogP contribution in [0.2, 0.25) is 0 Å². The van der Waals surface area contributed by atoms with E-state index >= 15 is 0 Å². The van der Waals surface area contributed by atoms with Crippen LogP contribution >= 0.6 is 0 Å². The topological polar surface area (TPSA) is 40.0 Å². The summed E-state index contributed by atoms with van der Waals surface area (Å²) in [6, 6.07) is 16.0.